The summed E-state index contributed by atoms with van der Waals surface area (Å²) in [6.07, 6.45) is -1.80. The number of aliphatic hydroxyl groups is 1. The predicted molar refractivity (Wildman–Crippen MR) is 173 cm³/mol. The fourth-order valence-corrected chi connectivity index (χ4v) is 5.45. The molecule has 1 aromatic carbocycles. The van der Waals surface area contributed by atoms with Gasteiger partial charge in [-0.1, -0.05) is 6.92 Å². The van der Waals surface area contributed by atoms with E-state index in [2.05, 4.69) is 10.3 Å². The zero-order valence-corrected chi connectivity index (χ0v) is 28.4. The molecule has 1 aliphatic heterocycles. The van der Waals surface area contributed by atoms with Gasteiger partial charge < -0.3 is 49.5 Å². The molecular weight excluding hydrogens is 631 g/mol. The summed E-state index contributed by atoms with van der Waals surface area (Å²) in [7, 11) is 1.40. The summed E-state index contributed by atoms with van der Waals surface area (Å²) in [5.41, 5.74) is 5.35. The van der Waals surface area contributed by atoms with Crippen LogP contribution in [0.25, 0.3) is 10.8 Å². The molecule has 3 amide bonds. The summed E-state index contributed by atoms with van der Waals surface area (Å²) < 4.78 is 47.7. The third-order valence-corrected chi connectivity index (χ3v) is 7.66. The van der Waals surface area contributed by atoms with E-state index in [1.165, 1.54) is 18.2 Å². The van der Waals surface area contributed by atoms with Crippen LogP contribution in [-0.4, -0.2) is 124 Å². The number of pyridine rings is 1. The van der Waals surface area contributed by atoms with Crippen molar-refractivity contribution in [2.45, 2.75) is 58.0 Å². The molecular formula is C33H49FN4O10. The van der Waals surface area contributed by atoms with Crippen LogP contribution in [0, 0.1) is 5.92 Å². The van der Waals surface area contributed by atoms with Gasteiger partial charge in [0.1, 0.15) is 17.5 Å². The quantitative estimate of drug-likeness (QED) is 0.175. The highest BCUT2D eigenvalue weighted by Gasteiger charge is 2.51. The average Bonchev–Trinajstić information content (AvgIpc) is 3.28. The number of methoxy groups -OCH3 is 1. The zero-order valence-electron chi connectivity index (χ0n) is 28.4. The minimum Gasteiger partial charge on any atom is -0.496 e. The molecule has 2 aromatic rings. The lowest BCUT2D eigenvalue weighted by Gasteiger charge is -2.31. The molecule has 14 nitrogen and oxygen atoms in total. The highest BCUT2D eigenvalue weighted by atomic mass is 19.1. The van der Waals surface area contributed by atoms with Crippen LogP contribution < -0.4 is 15.8 Å². The second-order valence-corrected chi connectivity index (χ2v) is 12.2. The van der Waals surface area contributed by atoms with Gasteiger partial charge in [0, 0.05) is 30.6 Å². The Morgan fingerprint density at radius 2 is 1.65 bits per heavy atom. The van der Waals surface area contributed by atoms with Gasteiger partial charge in [-0.15, -0.1) is 0 Å². The number of nitrogens with two attached hydrogens (primary N) is 1. The van der Waals surface area contributed by atoms with E-state index in [1.54, 1.807) is 45.9 Å². The molecule has 4 N–H and O–H groups in total. The lowest BCUT2D eigenvalue weighted by molar-refractivity contribution is -0.135. The number of likely N-dealkylation sites (tertiary alicyclic amines) is 1. The smallest absolute Gasteiger partial charge is 0.407 e. The van der Waals surface area contributed by atoms with E-state index in [1.807, 2.05) is 0 Å². The zero-order chi connectivity index (χ0) is 35.3. The molecule has 1 saturated heterocycles. The van der Waals surface area contributed by atoms with Crippen LogP contribution >= 0.6 is 0 Å². The van der Waals surface area contributed by atoms with E-state index in [9.17, 15) is 19.5 Å². The first-order valence-electron chi connectivity index (χ1n) is 16.1. The molecule has 1 aromatic heterocycles. The number of aliphatic hydroxyl groups excluding tert-OH is 1. The van der Waals surface area contributed by atoms with Gasteiger partial charge in [-0.2, -0.15) is 0 Å². The monoisotopic (exact) mass is 680 g/mol. The van der Waals surface area contributed by atoms with Gasteiger partial charge in [0.25, 0.3) is 11.8 Å². The Bertz CT molecular complexity index is 1360. The molecule has 15 heteroatoms. The number of fused-ring (bicyclic) bond motifs is 1. The number of benzene rings is 1. The number of nitrogens with one attached hydrogen (secondary N) is 1. The summed E-state index contributed by atoms with van der Waals surface area (Å²) in [5, 5.41) is 15.3. The van der Waals surface area contributed by atoms with Crippen molar-refractivity contribution in [2.75, 3.05) is 73.1 Å². The molecule has 4 atom stereocenters. The van der Waals surface area contributed by atoms with Crippen LogP contribution in [-0.2, 0) is 28.5 Å². The van der Waals surface area contributed by atoms with Crippen LogP contribution in [0.5, 0.6) is 5.75 Å². The first-order chi connectivity index (χ1) is 22.9. The molecule has 1 fully saturated rings. The summed E-state index contributed by atoms with van der Waals surface area (Å²) in [6, 6.07) is 3.89. The molecule has 48 heavy (non-hydrogen) atoms. The van der Waals surface area contributed by atoms with Crippen molar-refractivity contribution in [1.82, 2.24) is 15.2 Å². The maximum absolute atomic E-state index is 15.2. The van der Waals surface area contributed by atoms with E-state index in [-0.39, 0.29) is 43.4 Å². The highest BCUT2D eigenvalue weighted by Crippen LogP contribution is 2.40. The Hall–Kier alpha value is -3.63. The number of nitrogens with zero attached hydrogens (tertiary/aromatic N) is 2. The number of rotatable bonds is 20. The summed E-state index contributed by atoms with van der Waals surface area (Å²) in [4.78, 5) is 42.1. The van der Waals surface area contributed by atoms with Crippen molar-refractivity contribution in [3.8, 4) is 5.75 Å². The Morgan fingerprint density at radius 3 is 2.21 bits per heavy atom. The number of alkyl halides is 1. The molecule has 2 heterocycles. The molecule has 1 unspecified atom stereocenters. The molecule has 0 radical (unpaired) electrons. The third-order valence-electron chi connectivity index (χ3n) is 7.66. The van der Waals surface area contributed by atoms with E-state index < -0.39 is 47.7 Å². The van der Waals surface area contributed by atoms with Crippen molar-refractivity contribution >= 4 is 28.7 Å². The number of primary amides is 1. The Labute approximate surface area is 280 Å². The Balaban J connectivity index is 1.40. The number of hydrogen-bond donors (Lipinski definition) is 3. The number of carbonyl (C=O) groups excluding carboxylic acids is 3. The molecule has 1 aliphatic rings. The first kappa shape index (κ1) is 38.8. The lowest BCUT2D eigenvalue weighted by Crippen LogP contribution is -2.42. The maximum Gasteiger partial charge on any atom is 0.407 e. The third kappa shape index (κ3) is 11.0. The van der Waals surface area contributed by atoms with Crippen LogP contribution in [0.4, 0.5) is 9.18 Å². The number of alkyl carbamates (subject to hydrolysis) is 1. The van der Waals surface area contributed by atoms with Crippen molar-refractivity contribution < 1.29 is 52.3 Å². The number of halogens is 1. The van der Waals surface area contributed by atoms with E-state index >= 15 is 4.39 Å². The van der Waals surface area contributed by atoms with Crippen molar-refractivity contribution in [3.05, 3.63) is 35.7 Å². The van der Waals surface area contributed by atoms with Gasteiger partial charge in [-0.25, -0.2) is 9.18 Å². The Kier molecular flexibility index (Phi) is 15.2. The predicted octanol–water partition coefficient (Wildman–Crippen LogP) is 2.54. The topological polar surface area (TPSA) is 181 Å². The van der Waals surface area contributed by atoms with E-state index in [4.69, 9.17) is 34.2 Å². The number of ether oxygens (including phenoxy) is 6. The first-order valence-corrected chi connectivity index (χ1v) is 16.1. The maximum atomic E-state index is 15.2. The summed E-state index contributed by atoms with van der Waals surface area (Å²) >= 11 is 0. The van der Waals surface area contributed by atoms with Crippen molar-refractivity contribution in [2.24, 2.45) is 11.7 Å². The average molecular weight is 681 g/mol. The minimum absolute atomic E-state index is 0.0633. The fourth-order valence-electron chi connectivity index (χ4n) is 5.45. The number of aromatic nitrogens is 1. The molecule has 0 bridgehead atoms. The van der Waals surface area contributed by atoms with Gasteiger partial charge >= 0.3 is 6.09 Å². The summed E-state index contributed by atoms with van der Waals surface area (Å²) in [6.45, 7) is 9.93. The molecule has 0 spiro atoms. The van der Waals surface area contributed by atoms with Crippen LogP contribution in [0.1, 0.15) is 56.3 Å². The molecule has 3 rings (SSSR count). The van der Waals surface area contributed by atoms with Gasteiger partial charge in [-0.05, 0) is 50.8 Å². The van der Waals surface area contributed by atoms with E-state index in [0.717, 1.165) is 0 Å². The van der Waals surface area contributed by atoms with Crippen LogP contribution in [0.15, 0.2) is 24.4 Å². The molecule has 268 valence electrons. The van der Waals surface area contributed by atoms with E-state index in [0.29, 0.717) is 56.8 Å². The van der Waals surface area contributed by atoms with Crippen molar-refractivity contribution in [1.29, 1.82) is 0 Å². The largest absolute Gasteiger partial charge is 0.496 e. The fraction of sp³-hybridized carbons (Fsp3) is 0.636. The standard InChI is InChI=1S/C33H49FN4O10/c1-6-22-26(34)31(41)38(28(22)29(39)27-23-20-25(43-5)24(30(35)40)19-21(23)7-8-36-27)10-12-45-14-16-47-18-17-46-15-13-44-11-9-37-32(42)48-33(2,3)4/h7-8,19-20,22,26,28-29,39H,6,9-18H2,1-5H3,(H2,35,40)(H,37,42)/t22-,26+,28+,29?/m1/s1. The van der Waals surface area contributed by atoms with Crippen molar-refractivity contribution in [3.63, 3.8) is 0 Å². The second kappa shape index (κ2) is 18.8. The van der Waals surface area contributed by atoms with Gasteiger partial charge in [0.2, 0.25) is 0 Å². The number of carbonyl (C=O) groups is 3. The van der Waals surface area contributed by atoms with Gasteiger partial charge in [-0.3, -0.25) is 14.6 Å². The van der Waals surface area contributed by atoms with Crippen LogP contribution in [0.2, 0.25) is 0 Å². The molecule has 0 aliphatic carbocycles. The number of hydrogen-bond acceptors (Lipinski definition) is 11. The van der Waals surface area contributed by atoms with Crippen LogP contribution in [0.3, 0.4) is 0 Å². The van der Waals surface area contributed by atoms with Gasteiger partial charge in [0.15, 0.2) is 6.17 Å². The highest BCUT2D eigenvalue weighted by molar-refractivity contribution is 6.01. The van der Waals surface area contributed by atoms with Gasteiger partial charge in [0.05, 0.1) is 77.3 Å². The lowest BCUT2D eigenvalue weighted by atomic mass is 9.89. The second-order valence-electron chi connectivity index (χ2n) is 12.2. The minimum atomic E-state index is -1.77. The molecule has 0 saturated carbocycles. The Morgan fingerprint density at radius 1 is 1.04 bits per heavy atom. The normalized spacial score (nSPS) is 18.7. The SMILES string of the molecule is CC[C@@H]1[C@H](F)C(=O)N(CCOCCOCCOCCOCCNC(=O)OC(C)(C)C)[C@@H]1C(O)c1nccc2cc(C(N)=O)c(OC)cc12. The number of amides is 3. The summed E-state index contributed by atoms with van der Waals surface area (Å²) in [5.74, 6) is -1.93.